The van der Waals surface area contributed by atoms with Crippen LogP contribution in [0.2, 0.25) is 0 Å². The number of amides is 2. The minimum absolute atomic E-state index is 0.00899. The van der Waals surface area contributed by atoms with E-state index in [1.807, 2.05) is 21.9 Å². The molecule has 32 heavy (non-hydrogen) atoms. The number of nitrogens with zero attached hydrogens (tertiary/aromatic N) is 4. The lowest BCUT2D eigenvalue weighted by Crippen LogP contribution is -2.57. The van der Waals surface area contributed by atoms with Gasteiger partial charge in [-0.05, 0) is 55.7 Å². The normalized spacial score (nSPS) is 29.8. The van der Waals surface area contributed by atoms with Crippen LogP contribution < -0.4 is 5.73 Å². The van der Waals surface area contributed by atoms with Gasteiger partial charge in [0.1, 0.15) is 11.9 Å². The topological polar surface area (TPSA) is 93.7 Å². The smallest absolute Gasteiger partial charge is 0.241 e. The molecule has 0 aromatic heterocycles. The van der Waals surface area contributed by atoms with Crippen molar-refractivity contribution in [3.8, 4) is 6.07 Å². The summed E-state index contributed by atoms with van der Waals surface area (Å²) in [6.07, 6.45) is 5.61. The van der Waals surface area contributed by atoms with Crippen LogP contribution in [0.3, 0.4) is 0 Å². The van der Waals surface area contributed by atoms with E-state index >= 15 is 0 Å². The summed E-state index contributed by atoms with van der Waals surface area (Å²) in [4.78, 5) is 31.9. The zero-order chi connectivity index (χ0) is 22.4. The number of benzene rings is 1. The average molecular weight is 440 g/mol. The second-order valence-electron chi connectivity index (χ2n) is 9.72. The number of fused-ring (bicyclic) bond motifs is 2. The largest absolute Gasteiger partial charge is 0.330 e. The number of carbonyl (C=O) groups is 2. The maximum Gasteiger partial charge on any atom is 0.241 e. The van der Waals surface area contributed by atoms with Crippen molar-refractivity contribution < 1.29 is 14.0 Å². The molecule has 5 atom stereocenters. The van der Waals surface area contributed by atoms with E-state index in [0.29, 0.717) is 32.0 Å². The fraction of sp³-hybridized carbons (Fsp3) is 0.625. The van der Waals surface area contributed by atoms with E-state index in [2.05, 4.69) is 6.07 Å². The predicted molar refractivity (Wildman–Crippen MR) is 115 cm³/mol. The molecule has 1 aliphatic carbocycles. The summed E-state index contributed by atoms with van der Waals surface area (Å²) in [5, 5.41) is 9.27. The lowest BCUT2D eigenvalue weighted by atomic mass is 9.76. The molecule has 7 nitrogen and oxygen atoms in total. The van der Waals surface area contributed by atoms with E-state index in [9.17, 15) is 19.2 Å². The van der Waals surface area contributed by atoms with Gasteiger partial charge in [-0.1, -0.05) is 18.6 Å². The third kappa shape index (κ3) is 3.57. The van der Waals surface area contributed by atoms with Gasteiger partial charge in [-0.3, -0.25) is 14.5 Å². The molecular formula is C24H30FN5O2. The summed E-state index contributed by atoms with van der Waals surface area (Å²) in [6, 6.07) is 7.46. The van der Waals surface area contributed by atoms with Crippen molar-refractivity contribution in [3.63, 3.8) is 0 Å². The van der Waals surface area contributed by atoms with E-state index in [4.69, 9.17) is 5.73 Å². The van der Waals surface area contributed by atoms with Crippen LogP contribution in [0.15, 0.2) is 24.3 Å². The lowest BCUT2D eigenvalue weighted by molar-refractivity contribution is -0.143. The van der Waals surface area contributed by atoms with Crippen LogP contribution in [0.5, 0.6) is 0 Å². The Morgan fingerprint density at radius 3 is 2.59 bits per heavy atom. The second kappa shape index (κ2) is 8.45. The van der Waals surface area contributed by atoms with Gasteiger partial charge < -0.3 is 15.5 Å². The summed E-state index contributed by atoms with van der Waals surface area (Å²) in [5.74, 6) is 0.0500. The van der Waals surface area contributed by atoms with Crippen molar-refractivity contribution in [2.75, 3.05) is 19.6 Å². The molecule has 3 heterocycles. The molecule has 3 aliphatic heterocycles. The van der Waals surface area contributed by atoms with Gasteiger partial charge in [-0.2, -0.15) is 5.26 Å². The fourth-order valence-corrected chi connectivity index (χ4v) is 6.04. The van der Waals surface area contributed by atoms with Crippen LogP contribution in [0.4, 0.5) is 4.39 Å². The number of likely N-dealkylation sites (tertiary alicyclic amines) is 3. The van der Waals surface area contributed by atoms with Gasteiger partial charge in [0.15, 0.2) is 0 Å². The van der Waals surface area contributed by atoms with Crippen LogP contribution in [0, 0.1) is 23.1 Å². The number of halogens is 1. The Morgan fingerprint density at radius 2 is 1.97 bits per heavy atom. The van der Waals surface area contributed by atoms with Crippen molar-refractivity contribution in [3.05, 3.63) is 35.6 Å². The highest BCUT2D eigenvalue weighted by Crippen LogP contribution is 2.47. The molecule has 1 aromatic carbocycles. The summed E-state index contributed by atoms with van der Waals surface area (Å²) in [6.45, 7) is 1.60. The lowest BCUT2D eigenvalue weighted by Gasteiger charge is -2.45. The van der Waals surface area contributed by atoms with Crippen molar-refractivity contribution in [2.45, 2.75) is 68.7 Å². The maximum atomic E-state index is 13.5. The minimum Gasteiger partial charge on any atom is -0.330 e. The van der Waals surface area contributed by atoms with E-state index in [1.165, 1.54) is 18.6 Å². The Kier molecular flexibility index (Phi) is 5.64. The van der Waals surface area contributed by atoms with E-state index in [0.717, 1.165) is 31.2 Å². The first-order chi connectivity index (χ1) is 15.5. The monoisotopic (exact) mass is 439 g/mol. The van der Waals surface area contributed by atoms with Crippen LogP contribution in [-0.4, -0.2) is 70.3 Å². The van der Waals surface area contributed by atoms with Gasteiger partial charge >= 0.3 is 0 Å². The quantitative estimate of drug-likeness (QED) is 0.730. The number of hydrogen-bond acceptors (Lipinski definition) is 5. The van der Waals surface area contributed by atoms with E-state index in [1.54, 1.807) is 4.90 Å². The highest BCUT2D eigenvalue weighted by Gasteiger charge is 2.54. The predicted octanol–water partition coefficient (Wildman–Crippen LogP) is 1.79. The van der Waals surface area contributed by atoms with Crippen molar-refractivity contribution in [1.29, 1.82) is 5.26 Å². The number of nitrogens with two attached hydrogens (primary N) is 1. The first-order valence-corrected chi connectivity index (χ1v) is 11.8. The molecule has 2 N–H and O–H groups in total. The van der Waals surface area contributed by atoms with E-state index < -0.39 is 6.04 Å². The molecular weight excluding hydrogens is 409 g/mol. The summed E-state index contributed by atoms with van der Waals surface area (Å²) < 4.78 is 13.5. The van der Waals surface area contributed by atoms with Crippen molar-refractivity contribution >= 4 is 11.8 Å². The van der Waals surface area contributed by atoms with Gasteiger partial charge in [0.2, 0.25) is 11.8 Å². The van der Waals surface area contributed by atoms with E-state index in [-0.39, 0.29) is 41.8 Å². The second-order valence-corrected chi connectivity index (χ2v) is 9.72. The molecule has 0 spiro atoms. The van der Waals surface area contributed by atoms with Gasteiger partial charge in [-0.15, -0.1) is 0 Å². The molecule has 2 amide bonds. The number of nitriles is 1. The first-order valence-electron chi connectivity index (χ1n) is 11.8. The zero-order valence-corrected chi connectivity index (χ0v) is 18.2. The molecule has 8 heteroatoms. The summed E-state index contributed by atoms with van der Waals surface area (Å²) in [7, 11) is 0. The Labute approximate surface area is 187 Å². The molecule has 170 valence electrons. The highest BCUT2D eigenvalue weighted by atomic mass is 19.1. The van der Waals surface area contributed by atoms with Gasteiger partial charge in [-0.25, -0.2) is 4.39 Å². The molecule has 4 fully saturated rings. The number of piperazine rings is 1. The molecule has 0 radical (unpaired) electrons. The maximum absolute atomic E-state index is 13.5. The van der Waals surface area contributed by atoms with Crippen molar-refractivity contribution in [2.24, 2.45) is 11.7 Å². The Morgan fingerprint density at radius 1 is 1.22 bits per heavy atom. The van der Waals surface area contributed by atoms with Gasteiger partial charge in [0.05, 0.1) is 24.2 Å². The molecule has 3 saturated heterocycles. The summed E-state index contributed by atoms with van der Waals surface area (Å²) in [5.41, 5.74) is 7.25. The molecule has 1 aromatic rings. The molecule has 1 saturated carbocycles. The standard InChI is InChI=1S/C24H30FN5O2/c25-17-8-6-16(7-9-17)22(15-3-1-4-15)30-19-11-21(24(30)32)28(13-19)14-20(27)23(31)29-10-2-5-18(29)12-26/h6-9,15,18-22H,1-5,10-11,13-14,27H2/t18?,19?,20?,21-,22?/m0/s1. The van der Waals surface area contributed by atoms with Crippen LogP contribution in [-0.2, 0) is 9.59 Å². The third-order valence-electron chi connectivity index (χ3n) is 7.86. The molecule has 2 bridgehead atoms. The first kappa shape index (κ1) is 21.4. The van der Waals surface area contributed by atoms with Gasteiger partial charge in [0.25, 0.3) is 0 Å². The fourth-order valence-electron chi connectivity index (χ4n) is 6.04. The molecule has 4 unspecified atom stereocenters. The van der Waals surface area contributed by atoms with Crippen LogP contribution >= 0.6 is 0 Å². The SMILES string of the molecule is N#CC1CCCN1C(=O)C(N)CN1CC2C[C@H]1C(=O)N2C(c1ccc(F)cc1)C1CCC1. The zero-order valence-electron chi connectivity index (χ0n) is 18.2. The van der Waals surface area contributed by atoms with Crippen LogP contribution in [0.1, 0.15) is 50.1 Å². The minimum atomic E-state index is -0.732. The number of carbonyl (C=O) groups excluding carboxylic acids is 2. The summed E-state index contributed by atoms with van der Waals surface area (Å²) >= 11 is 0. The Balaban J connectivity index is 1.28. The Bertz CT molecular complexity index is 927. The average Bonchev–Trinajstić information content (AvgIpc) is 3.45. The molecule has 5 rings (SSSR count). The molecule has 4 aliphatic rings. The number of hydrogen-bond donors (Lipinski definition) is 1. The van der Waals surface area contributed by atoms with Crippen molar-refractivity contribution in [1.82, 2.24) is 14.7 Å². The number of rotatable bonds is 6. The van der Waals surface area contributed by atoms with Gasteiger partial charge in [0, 0.05) is 25.7 Å². The Hall–Kier alpha value is -2.50. The third-order valence-corrected chi connectivity index (χ3v) is 7.86. The van der Waals surface area contributed by atoms with Crippen LogP contribution in [0.25, 0.3) is 0 Å². The highest BCUT2D eigenvalue weighted by molar-refractivity contribution is 5.87.